The van der Waals surface area contributed by atoms with E-state index in [0.29, 0.717) is 5.92 Å². The summed E-state index contributed by atoms with van der Waals surface area (Å²) in [7, 11) is 0. The highest BCUT2D eigenvalue weighted by Crippen LogP contribution is 2.28. The molecule has 2 N–H and O–H groups in total. The summed E-state index contributed by atoms with van der Waals surface area (Å²) in [5.41, 5.74) is 5.81. The van der Waals surface area contributed by atoms with Gasteiger partial charge in [0, 0.05) is 13.1 Å². The lowest BCUT2D eigenvalue weighted by Crippen LogP contribution is -2.57. The SMILES string of the molecule is CC(C)CC(CN)CCN1CC(C)(C)OC(C)(C)C1. The largest absolute Gasteiger partial charge is 0.367 e. The maximum absolute atomic E-state index is 6.12. The molecule has 3 nitrogen and oxygen atoms in total. The molecule has 19 heavy (non-hydrogen) atoms. The molecule has 0 aliphatic carbocycles. The minimum atomic E-state index is -0.0436. The molecular formula is C16H34N2O. The lowest BCUT2D eigenvalue weighted by Gasteiger charge is -2.47. The Labute approximate surface area is 119 Å². The molecule has 1 rings (SSSR count). The molecule has 1 heterocycles. The van der Waals surface area contributed by atoms with Gasteiger partial charge in [0.05, 0.1) is 11.2 Å². The van der Waals surface area contributed by atoms with Crippen molar-refractivity contribution in [3.63, 3.8) is 0 Å². The zero-order valence-corrected chi connectivity index (χ0v) is 13.8. The van der Waals surface area contributed by atoms with Crippen molar-refractivity contribution >= 4 is 0 Å². The average Bonchev–Trinajstić information content (AvgIpc) is 2.19. The molecule has 0 aromatic carbocycles. The number of rotatable bonds is 6. The second-order valence-corrected chi connectivity index (χ2v) is 7.85. The highest BCUT2D eigenvalue weighted by Gasteiger charge is 2.37. The van der Waals surface area contributed by atoms with E-state index in [1.54, 1.807) is 0 Å². The molecule has 0 bridgehead atoms. The van der Waals surface area contributed by atoms with E-state index in [4.69, 9.17) is 10.5 Å². The third-order valence-electron chi connectivity index (χ3n) is 3.75. The van der Waals surface area contributed by atoms with Crippen molar-refractivity contribution < 1.29 is 4.74 Å². The van der Waals surface area contributed by atoms with Gasteiger partial charge in [0.25, 0.3) is 0 Å². The number of morpholine rings is 1. The predicted molar refractivity (Wildman–Crippen MR) is 82.3 cm³/mol. The minimum absolute atomic E-state index is 0.0436. The first kappa shape index (κ1) is 16.9. The summed E-state index contributed by atoms with van der Waals surface area (Å²) in [6.45, 7) is 17.3. The predicted octanol–water partition coefficient (Wildman–Crippen LogP) is 2.89. The van der Waals surface area contributed by atoms with Gasteiger partial charge in [0.2, 0.25) is 0 Å². The zero-order chi connectivity index (χ0) is 14.7. The Balaban J connectivity index is 2.47. The number of ether oxygens (including phenoxy) is 1. The number of nitrogens with two attached hydrogens (primary N) is 1. The molecule has 1 aliphatic rings. The van der Waals surface area contributed by atoms with Gasteiger partial charge in [-0.1, -0.05) is 13.8 Å². The fourth-order valence-corrected chi connectivity index (χ4v) is 3.47. The second-order valence-electron chi connectivity index (χ2n) is 7.85. The maximum atomic E-state index is 6.12. The van der Waals surface area contributed by atoms with Gasteiger partial charge in [0.15, 0.2) is 0 Å². The molecule has 0 aromatic rings. The van der Waals surface area contributed by atoms with Crippen LogP contribution in [-0.4, -0.2) is 42.3 Å². The Morgan fingerprint density at radius 2 is 1.63 bits per heavy atom. The molecule has 0 saturated carbocycles. The van der Waals surface area contributed by atoms with Crippen LogP contribution in [0.1, 0.15) is 54.4 Å². The summed E-state index contributed by atoms with van der Waals surface area (Å²) in [6.07, 6.45) is 2.45. The zero-order valence-electron chi connectivity index (χ0n) is 13.8. The van der Waals surface area contributed by atoms with Crippen LogP contribution in [0.2, 0.25) is 0 Å². The van der Waals surface area contributed by atoms with Gasteiger partial charge in [-0.05, 0) is 65.5 Å². The van der Waals surface area contributed by atoms with Crippen LogP contribution in [0.5, 0.6) is 0 Å². The van der Waals surface area contributed by atoms with E-state index in [0.717, 1.165) is 32.1 Å². The normalized spacial score (nSPS) is 24.6. The molecule has 3 heteroatoms. The van der Waals surface area contributed by atoms with E-state index in [2.05, 4.69) is 46.4 Å². The first-order valence-electron chi connectivity index (χ1n) is 7.76. The van der Waals surface area contributed by atoms with E-state index < -0.39 is 0 Å². The van der Waals surface area contributed by atoms with Crippen molar-refractivity contribution in [1.29, 1.82) is 0 Å². The monoisotopic (exact) mass is 270 g/mol. The van der Waals surface area contributed by atoms with Crippen molar-refractivity contribution in [2.75, 3.05) is 26.2 Å². The standard InChI is InChI=1S/C16H34N2O/c1-13(2)9-14(10-17)7-8-18-11-15(3,4)19-16(5,6)12-18/h13-14H,7-12,17H2,1-6H3. The van der Waals surface area contributed by atoms with Crippen LogP contribution in [0.4, 0.5) is 0 Å². The molecule has 1 aliphatic heterocycles. The van der Waals surface area contributed by atoms with Crippen molar-refractivity contribution in [3.8, 4) is 0 Å². The first-order chi connectivity index (χ1) is 8.63. The summed E-state index contributed by atoms with van der Waals surface area (Å²) in [6, 6.07) is 0. The van der Waals surface area contributed by atoms with Crippen molar-refractivity contribution in [2.24, 2.45) is 17.6 Å². The molecule has 0 spiro atoms. The molecule has 0 aromatic heterocycles. The average molecular weight is 270 g/mol. The first-order valence-corrected chi connectivity index (χ1v) is 7.76. The second kappa shape index (κ2) is 6.55. The fraction of sp³-hybridized carbons (Fsp3) is 1.00. The smallest absolute Gasteiger partial charge is 0.0760 e. The van der Waals surface area contributed by atoms with E-state index in [1.807, 2.05) is 0 Å². The summed E-state index contributed by atoms with van der Waals surface area (Å²) < 4.78 is 6.12. The molecule has 0 amide bonds. The van der Waals surface area contributed by atoms with E-state index in [-0.39, 0.29) is 11.2 Å². The summed E-state index contributed by atoms with van der Waals surface area (Å²) >= 11 is 0. The highest BCUT2D eigenvalue weighted by molar-refractivity contribution is 4.89. The molecular weight excluding hydrogens is 236 g/mol. The molecule has 1 atom stereocenters. The highest BCUT2D eigenvalue weighted by atomic mass is 16.5. The van der Waals surface area contributed by atoms with Gasteiger partial charge in [-0.2, -0.15) is 0 Å². The molecule has 0 radical (unpaired) electrons. The molecule has 1 fully saturated rings. The van der Waals surface area contributed by atoms with Crippen molar-refractivity contribution in [2.45, 2.75) is 65.6 Å². The molecule has 1 saturated heterocycles. The summed E-state index contributed by atoms with van der Waals surface area (Å²) in [5, 5.41) is 0. The summed E-state index contributed by atoms with van der Waals surface area (Å²) in [4.78, 5) is 2.55. The number of hydrogen-bond donors (Lipinski definition) is 1. The van der Waals surface area contributed by atoms with E-state index in [1.165, 1.54) is 12.8 Å². The van der Waals surface area contributed by atoms with Crippen LogP contribution in [0.25, 0.3) is 0 Å². The van der Waals surface area contributed by atoms with Gasteiger partial charge in [-0.15, -0.1) is 0 Å². The van der Waals surface area contributed by atoms with Gasteiger partial charge in [0.1, 0.15) is 0 Å². The van der Waals surface area contributed by atoms with E-state index >= 15 is 0 Å². The van der Waals surface area contributed by atoms with Crippen LogP contribution < -0.4 is 5.73 Å². The molecule has 114 valence electrons. The van der Waals surface area contributed by atoms with Crippen LogP contribution in [0.3, 0.4) is 0 Å². The lowest BCUT2D eigenvalue weighted by atomic mass is 9.93. The van der Waals surface area contributed by atoms with Crippen molar-refractivity contribution in [1.82, 2.24) is 4.90 Å². The third kappa shape index (κ3) is 6.24. The Morgan fingerprint density at radius 3 is 2.05 bits per heavy atom. The van der Waals surface area contributed by atoms with Crippen LogP contribution >= 0.6 is 0 Å². The summed E-state index contributed by atoms with van der Waals surface area (Å²) in [5.74, 6) is 1.40. The lowest BCUT2D eigenvalue weighted by molar-refractivity contribution is -0.180. The quantitative estimate of drug-likeness (QED) is 0.806. The van der Waals surface area contributed by atoms with Gasteiger partial charge in [-0.25, -0.2) is 0 Å². The maximum Gasteiger partial charge on any atom is 0.0760 e. The van der Waals surface area contributed by atoms with Gasteiger partial charge < -0.3 is 10.5 Å². The minimum Gasteiger partial charge on any atom is -0.367 e. The Bertz CT molecular complexity index is 258. The number of nitrogens with zero attached hydrogens (tertiary/aromatic N) is 1. The van der Waals surface area contributed by atoms with Crippen LogP contribution in [-0.2, 0) is 4.74 Å². The Morgan fingerprint density at radius 1 is 1.11 bits per heavy atom. The fourth-order valence-electron chi connectivity index (χ4n) is 3.47. The van der Waals surface area contributed by atoms with Crippen LogP contribution in [0.15, 0.2) is 0 Å². The van der Waals surface area contributed by atoms with Crippen LogP contribution in [0, 0.1) is 11.8 Å². The third-order valence-corrected chi connectivity index (χ3v) is 3.75. The van der Waals surface area contributed by atoms with Gasteiger partial charge >= 0.3 is 0 Å². The Hall–Kier alpha value is -0.120. The number of hydrogen-bond acceptors (Lipinski definition) is 3. The topological polar surface area (TPSA) is 38.5 Å². The Kier molecular flexibility index (Phi) is 5.84. The van der Waals surface area contributed by atoms with E-state index in [9.17, 15) is 0 Å². The van der Waals surface area contributed by atoms with Gasteiger partial charge in [-0.3, -0.25) is 4.90 Å². The molecule has 1 unspecified atom stereocenters. The van der Waals surface area contributed by atoms with Crippen molar-refractivity contribution in [3.05, 3.63) is 0 Å².